The minimum absolute atomic E-state index is 0.656. The van der Waals surface area contributed by atoms with Crippen LogP contribution in [0.1, 0.15) is 48.4 Å². The molecule has 9 heteroatoms. The molecule has 2 fully saturated rings. The van der Waals surface area contributed by atoms with Gasteiger partial charge >= 0.3 is 0 Å². The predicted molar refractivity (Wildman–Crippen MR) is 225 cm³/mol. The molecule has 0 saturated carbocycles. The van der Waals surface area contributed by atoms with Crippen molar-refractivity contribution < 1.29 is 9.47 Å². The third kappa shape index (κ3) is 9.50. The summed E-state index contributed by atoms with van der Waals surface area (Å²) in [5.74, 6) is 1.83. The standard InChI is InChI=1S/C23H29N3O.C22H28N4O/c1-3-4-15-27-21-8-5-18(6-9-21)23-17-19-16-20(7-10-22(19)24-23)26-13-11-25(2)12-14-26;1-25-10-12-26(13-11-25)19-5-8-21-18(15-19)16-22(24-21)17-3-6-20(7-4-17)27-14-2-9-23/h5-10,16H,3-4,11-15,17H2,1-2H3;3-8,15H,2,9-14,16,23H2,1H3. The van der Waals surface area contributed by atoms with Gasteiger partial charge < -0.3 is 34.8 Å². The maximum absolute atomic E-state index is 5.77. The Bertz CT molecular complexity index is 1750. The molecule has 0 aromatic heterocycles. The van der Waals surface area contributed by atoms with Crippen LogP contribution in [0.15, 0.2) is 94.9 Å². The van der Waals surface area contributed by atoms with Gasteiger partial charge in [0.05, 0.1) is 36.0 Å². The van der Waals surface area contributed by atoms with Gasteiger partial charge in [-0.25, -0.2) is 0 Å². The number of rotatable bonds is 12. The molecule has 0 unspecified atom stereocenters. The summed E-state index contributed by atoms with van der Waals surface area (Å²) in [7, 11) is 4.38. The molecule has 2 saturated heterocycles. The fourth-order valence-electron chi connectivity index (χ4n) is 7.33. The van der Waals surface area contributed by atoms with Gasteiger partial charge in [0.1, 0.15) is 11.5 Å². The van der Waals surface area contributed by atoms with E-state index in [4.69, 9.17) is 25.2 Å². The highest BCUT2D eigenvalue weighted by Crippen LogP contribution is 2.34. The minimum Gasteiger partial charge on any atom is -0.494 e. The Kier molecular flexibility index (Phi) is 12.6. The Morgan fingerprint density at radius 3 is 1.39 bits per heavy atom. The smallest absolute Gasteiger partial charge is 0.119 e. The van der Waals surface area contributed by atoms with Crippen molar-refractivity contribution in [1.29, 1.82) is 0 Å². The van der Waals surface area contributed by atoms with Crippen LogP contribution in [0.5, 0.6) is 11.5 Å². The van der Waals surface area contributed by atoms with Crippen molar-refractivity contribution in [3.8, 4) is 11.5 Å². The number of fused-ring (bicyclic) bond motifs is 2. The van der Waals surface area contributed by atoms with E-state index in [2.05, 4.69) is 113 Å². The summed E-state index contributed by atoms with van der Waals surface area (Å²) in [6, 6.07) is 30.1. The summed E-state index contributed by atoms with van der Waals surface area (Å²) in [5.41, 5.74) is 17.7. The summed E-state index contributed by atoms with van der Waals surface area (Å²) >= 11 is 0. The molecule has 9 nitrogen and oxygen atoms in total. The number of benzene rings is 4. The molecule has 0 bridgehead atoms. The number of anilines is 2. The van der Waals surface area contributed by atoms with Crippen molar-refractivity contribution in [2.45, 2.75) is 39.0 Å². The lowest BCUT2D eigenvalue weighted by Crippen LogP contribution is -2.44. The van der Waals surface area contributed by atoms with Crippen LogP contribution >= 0.6 is 0 Å². The van der Waals surface area contributed by atoms with E-state index >= 15 is 0 Å². The molecule has 2 N–H and O–H groups in total. The lowest BCUT2D eigenvalue weighted by atomic mass is 10.0. The van der Waals surface area contributed by atoms with Crippen LogP contribution in [0.25, 0.3) is 0 Å². The Balaban J connectivity index is 0.000000167. The fraction of sp³-hybridized carbons (Fsp3) is 0.422. The Morgan fingerprint density at radius 1 is 0.556 bits per heavy atom. The van der Waals surface area contributed by atoms with E-state index in [-0.39, 0.29) is 0 Å². The van der Waals surface area contributed by atoms with Crippen LogP contribution in [0, 0.1) is 0 Å². The van der Waals surface area contributed by atoms with E-state index in [1.807, 2.05) is 12.1 Å². The second kappa shape index (κ2) is 18.1. The van der Waals surface area contributed by atoms with Crippen LogP contribution in [0.3, 0.4) is 0 Å². The maximum atomic E-state index is 5.77. The van der Waals surface area contributed by atoms with Gasteiger partial charge in [-0.3, -0.25) is 9.98 Å². The zero-order valence-corrected chi connectivity index (χ0v) is 32.5. The van der Waals surface area contributed by atoms with Crippen molar-refractivity contribution in [3.63, 3.8) is 0 Å². The largest absolute Gasteiger partial charge is 0.494 e. The summed E-state index contributed by atoms with van der Waals surface area (Å²) in [4.78, 5) is 19.5. The molecule has 0 amide bonds. The van der Waals surface area contributed by atoms with E-state index in [1.165, 1.54) is 33.6 Å². The molecule has 54 heavy (non-hydrogen) atoms. The molecule has 4 aliphatic heterocycles. The van der Waals surface area contributed by atoms with E-state index in [0.29, 0.717) is 13.2 Å². The molecule has 284 valence electrons. The Labute approximate surface area is 322 Å². The summed E-state index contributed by atoms with van der Waals surface area (Å²) < 4.78 is 11.5. The number of nitrogens with two attached hydrogens (primary N) is 1. The van der Waals surface area contributed by atoms with E-state index < -0.39 is 0 Å². The van der Waals surface area contributed by atoms with E-state index in [0.717, 1.165) is 125 Å². The van der Waals surface area contributed by atoms with Crippen molar-refractivity contribution in [2.75, 3.05) is 96.0 Å². The molecule has 4 aliphatic rings. The lowest BCUT2D eigenvalue weighted by Gasteiger charge is -2.34. The number of hydrogen-bond donors (Lipinski definition) is 1. The number of unbranched alkanes of at least 4 members (excludes halogenated alkanes) is 1. The van der Waals surface area contributed by atoms with Gasteiger partial charge in [0, 0.05) is 76.6 Å². The first-order valence-electron chi connectivity index (χ1n) is 19.9. The monoisotopic (exact) mass is 727 g/mol. The summed E-state index contributed by atoms with van der Waals surface area (Å²) in [6.07, 6.45) is 4.93. The zero-order chi connectivity index (χ0) is 37.3. The van der Waals surface area contributed by atoms with Crippen molar-refractivity contribution >= 4 is 34.2 Å². The molecule has 0 spiro atoms. The maximum Gasteiger partial charge on any atom is 0.119 e. The van der Waals surface area contributed by atoms with Gasteiger partial charge in [0.15, 0.2) is 0 Å². The van der Waals surface area contributed by atoms with Gasteiger partial charge in [0.2, 0.25) is 0 Å². The van der Waals surface area contributed by atoms with Crippen molar-refractivity contribution in [3.05, 3.63) is 107 Å². The highest BCUT2D eigenvalue weighted by molar-refractivity contribution is 6.07. The van der Waals surface area contributed by atoms with Gasteiger partial charge in [-0.15, -0.1) is 0 Å². The highest BCUT2D eigenvalue weighted by atomic mass is 16.5. The molecular formula is C45H57N7O2. The molecule has 0 aliphatic carbocycles. The number of ether oxygens (including phenoxy) is 2. The fourth-order valence-corrected chi connectivity index (χ4v) is 7.33. The molecular weight excluding hydrogens is 671 g/mol. The first-order chi connectivity index (χ1) is 26.4. The molecule has 0 radical (unpaired) electrons. The van der Waals surface area contributed by atoms with E-state index in [1.54, 1.807) is 0 Å². The van der Waals surface area contributed by atoms with Crippen LogP contribution in [0.4, 0.5) is 22.7 Å². The zero-order valence-electron chi connectivity index (χ0n) is 32.5. The Hall–Kier alpha value is -4.70. The topological polar surface area (TPSA) is 82.2 Å². The van der Waals surface area contributed by atoms with Crippen molar-refractivity contribution in [1.82, 2.24) is 9.80 Å². The molecule has 4 aromatic rings. The number of piperazine rings is 2. The second-order valence-electron chi connectivity index (χ2n) is 14.9. The van der Waals surface area contributed by atoms with Crippen LogP contribution < -0.4 is 25.0 Å². The third-order valence-electron chi connectivity index (χ3n) is 10.8. The first-order valence-corrected chi connectivity index (χ1v) is 19.9. The first kappa shape index (κ1) is 37.6. The molecule has 8 rings (SSSR count). The predicted octanol–water partition coefficient (Wildman–Crippen LogP) is 7.14. The molecule has 4 heterocycles. The van der Waals surface area contributed by atoms with Crippen LogP contribution in [0.2, 0.25) is 0 Å². The van der Waals surface area contributed by atoms with Crippen LogP contribution in [-0.4, -0.2) is 107 Å². The van der Waals surface area contributed by atoms with Crippen LogP contribution in [-0.2, 0) is 12.8 Å². The minimum atomic E-state index is 0.656. The van der Waals surface area contributed by atoms with Crippen molar-refractivity contribution in [2.24, 2.45) is 15.7 Å². The van der Waals surface area contributed by atoms with E-state index in [9.17, 15) is 0 Å². The quantitative estimate of drug-likeness (QED) is 0.156. The number of nitrogens with zero attached hydrogens (tertiary/aromatic N) is 6. The number of aliphatic imine (C=N–C) groups is 2. The lowest BCUT2D eigenvalue weighted by molar-refractivity contribution is 0.309. The third-order valence-corrected chi connectivity index (χ3v) is 10.8. The summed E-state index contributed by atoms with van der Waals surface area (Å²) in [6.45, 7) is 13.2. The molecule has 0 atom stereocenters. The average Bonchev–Trinajstić information content (AvgIpc) is 3.84. The number of likely N-dealkylation sites (N-methyl/N-ethyl adjacent to an activating group) is 2. The highest BCUT2D eigenvalue weighted by Gasteiger charge is 2.21. The number of hydrogen-bond acceptors (Lipinski definition) is 9. The second-order valence-corrected chi connectivity index (χ2v) is 14.9. The molecule has 4 aromatic carbocycles. The van der Waals surface area contributed by atoms with Gasteiger partial charge in [-0.1, -0.05) is 13.3 Å². The van der Waals surface area contributed by atoms with Gasteiger partial charge in [-0.05, 0) is 141 Å². The average molecular weight is 728 g/mol. The normalized spacial score (nSPS) is 17.0. The van der Waals surface area contributed by atoms with Gasteiger partial charge in [-0.2, -0.15) is 0 Å². The SMILES string of the molecule is CCCCOc1ccc(C2=Nc3ccc(N4CCN(C)CC4)cc3C2)cc1.CN1CCN(c2ccc3c(c2)CC(c2ccc(OCCCN)cc2)=N3)CC1. The van der Waals surface area contributed by atoms with Gasteiger partial charge in [0.25, 0.3) is 0 Å². The summed E-state index contributed by atoms with van der Waals surface area (Å²) in [5, 5.41) is 0. The Morgan fingerprint density at radius 2 is 0.981 bits per heavy atom.